The monoisotopic (exact) mass is 437 g/mol. The first-order chi connectivity index (χ1) is 14.9. The molecular formula is C23H20FN3O3S. The molecule has 2 amide bonds. The topological polar surface area (TPSA) is 71.5 Å². The van der Waals surface area contributed by atoms with E-state index >= 15 is 0 Å². The summed E-state index contributed by atoms with van der Waals surface area (Å²) in [5.74, 6) is -1.10. The highest BCUT2D eigenvalue weighted by molar-refractivity contribution is 7.99. The van der Waals surface area contributed by atoms with Crippen LogP contribution in [0.1, 0.15) is 34.6 Å². The van der Waals surface area contributed by atoms with Crippen molar-refractivity contribution in [1.29, 1.82) is 0 Å². The van der Waals surface area contributed by atoms with Gasteiger partial charge >= 0.3 is 0 Å². The van der Waals surface area contributed by atoms with Crippen LogP contribution in [0.5, 0.6) is 5.75 Å². The van der Waals surface area contributed by atoms with Crippen molar-refractivity contribution >= 4 is 35.0 Å². The number of anilines is 2. The molecule has 0 bridgehead atoms. The SMILES string of the molecule is COc1ccc(C(=O)Nc2ccc3c(c2)Sc2ncccc2C(=O)N3C(C)C)cc1F. The summed E-state index contributed by atoms with van der Waals surface area (Å²) in [5, 5.41) is 3.40. The number of hydrogen-bond donors (Lipinski definition) is 1. The Morgan fingerprint density at radius 3 is 2.71 bits per heavy atom. The molecule has 2 aromatic carbocycles. The number of methoxy groups -OCH3 is 1. The van der Waals surface area contributed by atoms with Gasteiger partial charge in [-0.25, -0.2) is 9.37 Å². The molecule has 8 heteroatoms. The third-order valence-electron chi connectivity index (χ3n) is 4.83. The molecular weight excluding hydrogens is 417 g/mol. The van der Waals surface area contributed by atoms with Crippen LogP contribution in [0.3, 0.4) is 0 Å². The molecule has 6 nitrogen and oxygen atoms in total. The Balaban J connectivity index is 1.68. The van der Waals surface area contributed by atoms with Crippen LogP contribution in [-0.2, 0) is 0 Å². The molecule has 158 valence electrons. The van der Waals surface area contributed by atoms with E-state index in [1.807, 2.05) is 13.8 Å². The fraction of sp³-hybridized carbons (Fsp3) is 0.174. The summed E-state index contributed by atoms with van der Waals surface area (Å²) < 4.78 is 18.9. The third-order valence-corrected chi connectivity index (χ3v) is 5.90. The van der Waals surface area contributed by atoms with Crippen molar-refractivity contribution in [2.45, 2.75) is 29.8 Å². The number of halogens is 1. The zero-order chi connectivity index (χ0) is 22.1. The number of carbonyl (C=O) groups is 2. The number of carbonyl (C=O) groups excluding carboxylic acids is 2. The number of fused-ring (bicyclic) bond motifs is 2. The molecule has 1 aliphatic heterocycles. The summed E-state index contributed by atoms with van der Waals surface area (Å²) in [4.78, 5) is 32.6. The zero-order valence-electron chi connectivity index (χ0n) is 17.2. The number of ether oxygens (including phenoxy) is 1. The smallest absolute Gasteiger partial charge is 0.261 e. The van der Waals surface area contributed by atoms with E-state index in [1.165, 1.54) is 31.0 Å². The van der Waals surface area contributed by atoms with Gasteiger partial charge in [0.25, 0.3) is 11.8 Å². The van der Waals surface area contributed by atoms with E-state index in [1.54, 1.807) is 41.4 Å². The number of benzene rings is 2. The van der Waals surface area contributed by atoms with Crippen LogP contribution in [0.4, 0.5) is 15.8 Å². The van der Waals surface area contributed by atoms with Crippen molar-refractivity contribution in [2.75, 3.05) is 17.3 Å². The van der Waals surface area contributed by atoms with Gasteiger partial charge in [0.05, 0.1) is 18.4 Å². The first kappa shape index (κ1) is 20.9. The second-order valence-electron chi connectivity index (χ2n) is 7.21. The van der Waals surface area contributed by atoms with Crippen molar-refractivity contribution in [1.82, 2.24) is 4.98 Å². The quantitative estimate of drug-likeness (QED) is 0.622. The van der Waals surface area contributed by atoms with Crippen molar-refractivity contribution in [3.05, 3.63) is 71.7 Å². The summed E-state index contributed by atoms with van der Waals surface area (Å²) in [6, 6.07) is 12.8. The maximum atomic E-state index is 14.0. The van der Waals surface area contributed by atoms with Gasteiger partial charge in [-0.1, -0.05) is 11.8 Å². The molecule has 1 aromatic heterocycles. The molecule has 1 N–H and O–H groups in total. The second kappa shape index (κ2) is 8.39. The highest BCUT2D eigenvalue weighted by atomic mass is 32.2. The maximum absolute atomic E-state index is 14.0. The summed E-state index contributed by atoms with van der Waals surface area (Å²) in [6.07, 6.45) is 1.65. The minimum Gasteiger partial charge on any atom is -0.494 e. The molecule has 0 atom stereocenters. The van der Waals surface area contributed by atoms with E-state index in [4.69, 9.17) is 4.74 Å². The molecule has 0 aliphatic carbocycles. The van der Waals surface area contributed by atoms with Gasteiger partial charge in [-0.2, -0.15) is 0 Å². The highest BCUT2D eigenvalue weighted by Crippen LogP contribution is 2.42. The maximum Gasteiger partial charge on any atom is 0.261 e. The summed E-state index contributed by atoms with van der Waals surface area (Å²) in [7, 11) is 1.36. The number of nitrogens with one attached hydrogen (secondary N) is 1. The Kier molecular flexibility index (Phi) is 5.65. The largest absolute Gasteiger partial charge is 0.494 e. The molecule has 1 aliphatic rings. The lowest BCUT2D eigenvalue weighted by Gasteiger charge is -2.27. The Bertz CT molecular complexity index is 1180. The molecule has 2 heterocycles. The van der Waals surface area contributed by atoms with Crippen LogP contribution in [0, 0.1) is 5.82 Å². The molecule has 3 aromatic rings. The first-order valence-electron chi connectivity index (χ1n) is 9.64. The number of rotatable bonds is 4. The van der Waals surface area contributed by atoms with Crippen molar-refractivity contribution < 1.29 is 18.7 Å². The van der Waals surface area contributed by atoms with Crippen LogP contribution in [-0.4, -0.2) is 29.9 Å². The molecule has 0 saturated carbocycles. The van der Waals surface area contributed by atoms with E-state index in [-0.39, 0.29) is 23.3 Å². The van der Waals surface area contributed by atoms with Crippen molar-refractivity contribution in [3.8, 4) is 5.75 Å². The van der Waals surface area contributed by atoms with Crippen LogP contribution in [0.2, 0.25) is 0 Å². The number of hydrogen-bond acceptors (Lipinski definition) is 5. The van der Waals surface area contributed by atoms with E-state index in [0.29, 0.717) is 16.3 Å². The third kappa shape index (κ3) is 3.98. The standard InChI is InChI=1S/C23H20FN3O3S/c1-13(2)27-18-8-7-15(26-21(28)14-6-9-19(30-3)17(24)11-14)12-20(18)31-22-16(23(27)29)5-4-10-25-22/h4-13H,1-3H3,(H,26,28). The first-order valence-corrected chi connectivity index (χ1v) is 10.5. The number of amides is 2. The van der Waals surface area contributed by atoms with Crippen LogP contribution in [0.15, 0.2) is 64.6 Å². The van der Waals surface area contributed by atoms with E-state index < -0.39 is 11.7 Å². The van der Waals surface area contributed by atoms with Crippen LogP contribution < -0.4 is 15.0 Å². The number of aromatic nitrogens is 1. The molecule has 0 unspecified atom stereocenters. The van der Waals surface area contributed by atoms with Crippen molar-refractivity contribution in [3.63, 3.8) is 0 Å². The fourth-order valence-corrected chi connectivity index (χ4v) is 4.42. The molecule has 0 spiro atoms. The fourth-order valence-electron chi connectivity index (χ4n) is 3.37. The number of nitrogens with zero attached hydrogens (tertiary/aromatic N) is 2. The molecule has 0 radical (unpaired) electrons. The Labute approximate surface area is 183 Å². The number of pyridine rings is 1. The van der Waals surface area contributed by atoms with Gasteiger partial charge in [0.1, 0.15) is 5.03 Å². The van der Waals surface area contributed by atoms with E-state index in [0.717, 1.165) is 16.6 Å². The van der Waals surface area contributed by atoms with Crippen molar-refractivity contribution in [2.24, 2.45) is 0 Å². The van der Waals surface area contributed by atoms with Gasteiger partial charge in [0.15, 0.2) is 11.6 Å². The van der Waals surface area contributed by atoms with Gasteiger partial charge in [-0.3, -0.25) is 9.59 Å². The molecule has 4 rings (SSSR count). The predicted molar refractivity (Wildman–Crippen MR) is 118 cm³/mol. The zero-order valence-corrected chi connectivity index (χ0v) is 18.0. The Morgan fingerprint density at radius 2 is 2.00 bits per heavy atom. The van der Waals surface area contributed by atoms with Gasteiger partial charge in [0.2, 0.25) is 0 Å². The molecule has 0 fully saturated rings. The summed E-state index contributed by atoms with van der Waals surface area (Å²) in [5.41, 5.74) is 1.99. The summed E-state index contributed by atoms with van der Waals surface area (Å²) in [6.45, 7) is 3.89. The van der Waals surface area contributed by atoms with Gasteiger partial charge < -0.3 is 15.0 Å². The Hall–Kier alpha value is -3.39. The predicted octanol–water partition coefficient (Wildman–Crippen LogP) is 5.00. The Morgan fingerprint density at radius 1 is 1.19 bits per heavy atom. The normalized spacial score (nSPS) is 12.8. The lowest BCUT2D eigenvalue weighted by molar-refractivity contribution is 0.0975. The lowest BCUT2D eigenvalue weighted by atomic mass is 10.1. The van der Waals surface area contributed by atoms with E-state index in [2.05, 4.69) is 10.3 Å². The second-order valence-corrected chi connectivity index (χ2v) is 8.24. The minimum absolute atomic E-state index is 0.0688. The van der Waals surface area contributed by atoms with E-state index in [9.17, 15) is 14.0 Å². The van der Waals surface area contributed by atoms with Crippen LogP contribution in [0.25, 0.3) is 0 Å². The average Bonchev–Trinajstić information content (AvgIpc) is 2.87. The van der Waals surface area contributed by atoms with Gasteiger partial charge in [-0.05, 0) is 62.4 Å². The summed E-state index contributed by atoms with van der Waals surface area (Å²) >= 11 is 1.37. The van der Waals surface area contributed by atoms with Gasteiger partial charge in [-0.15, -0.1) is 0 Å². The molecule has 0 saturated heterocycles. The minimum atomic E-state index is -0.610. The lowest BCUT2D eigenvalue weighted by Crippen LogP contribution is -2.37. The van der Waals surface area contributed by atoms with Crippen LogP contribution >= 0.6 is 11.8 Å². The molecule has 31 heavy (non-hydrogen) atoms. The highest BCUT2D eigenvalue weighted by Gasteiger charge is 2.30. The van der Waals surface area contributed by atoms with Gasteiger partial charge in [0, 0.05) is 28.4 Å². The average molecular weight is 437 g/mol.